The second-order valence-corrected chi connectivity index (χ2v) is 8.66. The van der Waals surface area contributed by atoms with Gasteiger partial charge in [-0.25, -0.2) is 13.2 Å². The number of nitrogens with one attached hydrogen (secondary N) is 4. The van der Waals surface area contributed by atoms with Gasteiger partial charge in [0.2, 0.25) is 0 Å². The third-order valence-corrected chi connectivity index (χ3v) is 6.17. The van der Waals surface area contributed by atoms with Crippen molar-refractivity contribution in [1.29, 1.82) is 0 Å². The number of hydrogen-bond acceptors (Lipinski definition) is 4. The number of fused-ring (bicyclic) bond motifs is 1. The zero-order valence-electron chi connectivity index (χ0n) is 16.6. The quantitative estimate of drug-likeness (QED) is 0.369. The van der Waals surface area contributed by atoms with Gasteiger partial charge in [-0.2, -0.15) is 0 Å². The Bertz CT molecular complexity index is 1420. The molecule has 0 atom stereocenters. The molecule has 1 heterocycles. The van der Waals surface area contributed by atoms with Gasteiger partial charge >= 0.3 is 5.69 Å². The van der Waals surface area contributed by atoms with Crippen LogP contribution in [0.3, 0.4) is 0 Å². The Hall–Kier alpha value is -3.85. The van der Waals surface area contributed by atoms with Gasteiger partial charge in [-0.15, -0.1) is 0 Å². The summed E-state index contributed by atoms with van der Waals surface area (Å²) in [5.74, 6) is -0.287. The second kappa shape index (κ2) is 8.11. The Morgan fingerprint density at radius 2 is 1.65 bits per heavy atom. The predicted molar refractivity (Wildman–Crippen MR) is 120 cm³/mol. The van der Waals surface area contributed by atoms with Crippen molar-refractivity contribution in [1.82, 2.24) is 9.97 Å². The number of rotatable bonds is 6. The number of carbonyl (C=O) groups is 1. The number of benzene rings is 3. The minimum Gasteiger partial charge on any atom is -0.322 e. The largest absolute Gasteiger partial charge is 0.323 e. The van der Waals surface area contributed by atoms with Crippen molar-refractivity contribution in [2.75, 3.05) is 10.0 Å². The monoisotopic (exact) mass is 436 g/mol. The van der Waals surface area contributed by atoms with E-state index in [1.54, 1.807) is 12.1 Å². The summed E-state index contributed by atoms with van der Waals surface area (Å²) in [5, 5.41) is 2.84. The first-order valence-corrected chi connectivity index (χ1v) is 11.1. The van der Waals surface area contributed by atoms with E-state index in [4.69, 9.17) is 0 Å². The number of aryl methyl sites for hydroxylation is 1. The second-order valence-electron chi connectivity index (χ2n) is 6.98. The van der Waals surface area contributed by atoms with Crippen molar-refractivity contribution in [2.24, 2.45) is 0 Å². The first kappa shape index (κ1) is 20.4. The number of amides is 1. The average molecular weight is 436 g/mol. The standard InChI is InChI=1S/C22H20N4O4S/c1-2-14-4-3-5-17(12-14)23-21(27)15-6-8-16(9-7-15)26-31(29,30)18-10-11-19-20(13-18)25-22(28)24-19/h3-13,26H,2H2,1H3,(H,23,27)(H2,24,25,28). The lowest BCUT2D eigenvalue weighted by molar-refractivity contribution is 0.102. The van der Waals surface area contributed by atoms with Crippen LogP contribution in [0.4, 0.5) is 11.4 Å². The zero-order valence-corrected chi connectivity index (χ0v) is 17.4. The van der Waals surface area contributed by atoms with E-state index >= 15 is 0 Å². The van der Waals surface area contributed by atoms with E-state index in [2.05, 4.69) is 20.0 Å². The fraction of sp³-hybridized carbons (Fsp3) is 0.0909. The molecule has 4 rings (SSSR count). The first-order chi connectivity index (χ1) is 14.8. The van der Waals surface area contributed by atoms with Crippen LogP contribution in [0, 0.1) is 0 Å². The molecule has 9 heteroatoms. The highest BCUT2D eigenvalue weighted by molar-refractivity contribution is 7.92. The molecular weight excluding hydrogens is 416 g/mol. The predicted octanol–water partition coefficient (Wildman–Crippen LogP) is 3.47. The van der Waals surface area contributed by atoms with Gasteiger partial charge in [0.1, 0.15) is 0 Å². The lowest BCUT2D eigenvalue weighted by atomic mass is 10.1. The topological polar surface area (TPSA) is 124 Å². The number of sulfonamides is 1. The number of H-pyrrole nitrogens is 2. The maximum Gasteiger partial charge on any atom is 0.323 e. The van der Waals surface area contributed by atoms with Crippen LogP contribution in [-0.4, -0.2) is 24.3 Å². The molecule has 0 aliphatic rings. The third kappa shape index (κ3) is 4.51. The van der Waals surface area contributed by atoms with Crippen LogP contribution in [0.1, 0.15) is 22.8 Å². The van der Waals surface area contributed by atoms with Gasteiger partial charge in [0, 0.05) is 16.9 Å². The van der Waals surface area contributed by atoms with Crippen LogP contribution in [0.5, 0.6) is 0 Å². The molecule has 0 radical (unpaired) electrons. The molecule has 0 unspecified atom stereocenters. The molecule has 31 heavy (non-hydrogen) atoms. The third-order valence-electron chi connectivity index (χ3n) is 4.79. The van der Waals surface area contributed by atoms with Crippen molar-refractivity contribution in [3.05, 3.63) is 88.3 Å². The molecular formula is C22H20N4O4S. The molecule has 0 saturated heterocycles. The van der Waals surface area contributed by atoms with E-state index in [0.717, 1.165) is 12.0 Å². The van der Waals surface area contributed by atoms with Crippen molar-refractivity contribution < 1.29 is 13.2 Å². The summed E-state index contributed by atoms with van der Waals surface area (Å²) >= 11 is 0. The van der Waals surface area contributed by atoms with E-state index in [1.807, 2.05) is 31.2 Å². The lowest BCUT2D eigenvalue weighted by Gasteiger charge is -2.10. The van der Waals surface area contributed by atoms with E-state index in [-0.39, 0.29) is 10.8 Å². The van der Waals surface area contributed by atoms with Crippen molar-refractivity contribution >= 4 is 38.3 Å². The van der Waals surface area contributed by atoms with Crippen LogP contribution in [-0.2, 0) is 16.4 Å². The van der Waals surface area contributed by atoms with E-state index < -0.39 is 15.7 Å². The fourth-order valence-corrected chi connectivity index (χ4v) is 4.24. The molecule has 4 N–H and O–H groups in total. The maximum atomic E-state index is 12.7. The van der Waals surface area contributed by atoms with Crippen LogP contribution in [0.2, 0.25) is 0 Å². The molecule has 0 aliphatic heterocycles. The molecule has 0 aliphatic carbocycles. The lowest BCUT2D eigenvalue weighted by Crippen LogP contribution is -2.14. The van der Waals surface area contributed by atoms with Gasteiger partial charge in [0.05, 0.1) is 15.9 Å². The van der Waals surface area contributed by atoms with Gasteiger partial charge < -0.3 is 15.3 Å². The Morgan fingerprint density at radius 1 is 0.903 bits per heavy atom. The van der Waals surface area contributed by atoms with Crippen LogP contribution < -0.4 is 15.7 Å². The minimum atomic E-state index is -3.87. The fourth-order valence-electron chi connectivity index (χ4n) is 3.15. The van der Waals surface area contributed by atoms with Crippen LogP contribution in [0.15, 0.2) is 76.4 Å². The number of aromatic nitrogens is 2. The highest BCUT2D eigenvalue weighted by atomic mass is 32.2. The molecule has 4 aromatic rings. The summed E-state index contributed by atoms with van der Waals surface area (Å²) in [6.07, 6.45) is 0.867. The first-order valence-electron chi connectivity index (χ1n) is 9.59. The summed E-state index contributed by atoms with van der Waals surface area (Å²) in [6, 6.07) is 18.0. The van der Waals surface area contributed by atoms with Gasteiger partial charge in [0.25, 0.3) is 15.9 Å². The summed E-state index contributed by atoms with van der Waals surface area (Å²) in [7, 11) is -3.87. The van der Waals surface area contributed by atoms with Gasteiger partial charge in [0.15, 0.2) is 0 Å². The Balaban J connectivity index is 1.49. The van der Waals surface area contributed by atoms with Crippen molar-refractivity contribution in [2.45, 2.75) is 18.2 Å². The number of hydrogen-bond donors (Lipinski definition) is 4. The average Bonchev–Trinajstić information content (AvgIpc) is 3.13. The zero-order chi connectivity index (χ0) is 22.0. The Kier molecular flexibility index (Phi) is 5.35. The molecule has 1 aromatic heterocycles. The normalized spacial score (nSPS) is 11.4. The molecule has 0 spiro atoms. The van der Waals surface area contributed by atoms with E-state index in [0.29, 0.717) is 28.0 Å². The molecule has 158 valence electrons. The molecule has 0 saturated carbocycles. The molecule has 1 amide bonds. The van der Waals surface area contributed by atoms with Gasteiger partial charge in [-0.3, -0.25) is 9.52 Å². The van der Waals surface area contributed by atoms with Crippen LogP contribution in [0.25, 0.3) is 11.0 Å². The van der Waals surface area contributed by atoms with Gasteiger partial charge in [-0.1, -0.05) is 19.1 Å². The Morgan fingerprint density at radius 3 is 2.39 bits per heavy atom. The molecule has 3 aromatic carbocycles. The van der Waals surface area contributed by atoms with Crippen molar-refractivity contribution in [3.8, 4) is 0 Å². The SMILES string of the molecule is CCc1cccc(NC(=O)c2ccc(NS(=O)(=O)c3ccc4[nH]c(=O)[nH]c4c3)cc2)c1. The van der Waals surface area contributed by atoms with E-state index in [9.17, 15) is 18.0 Å². The minimum absolute atomic E-state index is 0.00729. The Labute approximate surface area is 178 Å². The summed E-state index contributed by atoms with van der Waals surface area (Å²) in [6.45, 7) is 2.04. The maximum absolute atomic E-state index is 12.7. The van der Waals surface area contributed by atoms with Gasteiger partial charge in [-0.05, 0) is 66.6 Å². The summed E-state index contributed by atoms with van der Waals surface area (Å²) in [4.78, 5) is 28.9. The van der Waals surface area contributed by atoms with Crippen LogP contribution >= 0.6 is 0 Å². The number of aromatic amines is 2. The highest BCUT2D eigenvalue weighted by Crippen LogP contribution is 2.20. The molecule has 0 fully saturated rings. The highest BCUT2D eigenvalue weighted by Gasteiger charge is 2.16. The number of carbonyl (C=O) groups excluding carboxylic acids is 1. The number of anilines is 2. The summed E-state index contributed by atoms with van der Waals surface area (Å²) < 4.78 is 27.8. The van der Waals surface area contributed by atoms with E-state index in [1.165, 1.54) is 30.3 Å². The smallest absolute Gasteiger partial charge is 0.322 e. The summed E-state index contributed by atoms with van der Waals surface area (Å²) in [5.41, 5.74) is 3.03. The molecule has 8 nitrogen and oxygen atoms in total. The molecule has 0 bridgehead atoms. The number of imidazole rings is 1. The van der Waals surface area contributed by atoms with Crippen molar-refractivity contribution in [3.63, 3.8) is 0 Å².